The van der Waals surface area contributed by atoms with Crippen LogP contribution in [-0.4, -0.2) is 14.2 Å². The number of rotatable bonds is 5. The van der Waals surface area contributed by atoms with E-state index in [0.717, 1.165) is 23.5 Å². The van der Waals surface area contributed by atoms with Gasteiger partial charge in [0.2, 0.25) is 0 Å². The minimum atomic E-state index is -0.0185. The van der Waals surface area contributed by atoms with Gasteiger partial charge in [-0.2, -0.15) is 0 Å². The summed E-state index contributed by atoms with van der Waals surface area (Å²) in [5, 5.41) is 0. The average molecular weight is 260 g/mol. The molecule has 3 nitrogen and oxygen atoms in total. The summed E-state index contributed by atoms with van der Waals surface area (Å²) in [5.74, 6) is 2.06. The first kappa shape index (κ1) is 16.1. The molecule has 0 saturated heterocycles. The molecule has 0 aliphatic rings. The molecule has 0 aliphatic carbocycles. The van der Waals surface area contributed by atoms with Gasteiger partial charge in [-0.1, -0.05) is 20.3 Å². The van der Waals surface area contributed by atoms with E-state index in [9.17, 15) is 0 Å². The molecule has 0 spiro atoms. The lowest BCUT2D eigenvalue weighted by atomic mass is 9.92. The third kappa shape index (κ3) is 3.79. The van der Waals surface area contributed by atoms with E-state index in [1.54, 1.807) is 14.2 Å². The quantitative estimate of drug-likeness (QED) is 0.883. The Morgan fingerprint density at radius 3 is 2.35 bits per heavy atom. The van der Waals surface area contributed by atoms with Crippen LogP contribution in [0.2, 0.25) is 0 Å². The fourth-order valence-electron chi connectivity index (χ4n) is 1.66. The summed E-state index contributed by atoms with van der Waals surface area (Å²) in [5.41, 5.74) is 7.22. The number of halogens is 1. The predicted octanol–water partition coefficient (Wildman–Crippen LogP) is 3.17. The molecule has 98 valence electrons. The van der Waals surface area contributed by atoms with Crippen molar-refractivity contribution in [1.29, 1.82) is 0 Å². The number of methoxy groups -OCH3 is 2. The Balaban J connectivity index is 0.00000256. The van der Waals surface area contributed by atoms with Crippen LogP contribution in [-0.2, 0) is 0 Å². The summed E-state index contributed by atoms with van der Waals surface area (Å²) in [7, 11) is 3.31. The second kappa shape index (κ2) is 7.41. The predicted molar refractivity (Wildman–Crippen MR) is 73.2 cm³/mol. The van der Waals surface area contributed by atoms with Crippen molar-refractivity contribution >= 4 is 12.4 Å². The van der Waals surface area contributed by atoms with Gasteiger partial charge in [0.1, 0.15) is 11.5 Å². The van der Waals surface area contributed by atoms with E-state index in [1.807, 2.05) is 18.2 Å². The summed E-state index contributed by atoms with van der Waals surface area (Å²) < 4.78 is 10.5. The van der Waals surface area contributed by atoms with Gasteiger partial charge in [0, 0.05) is 11.6 Å². The number of hydrogen-bond donors (Lipinski definition) is 1. The number of nitrogens with two attached hydrogens (primary N) is 1. The normalized spacial score (nSPS) is 13.5. The van der Waals surface area contributed by atoms with Crippen molar-refractivity contribution in [3.63, 3.8) is 0 Å². The Hall–Kier alpha value is -0.930. The second-order valence-corrected chi connectivity index (χ2v) is 4.02. The van der Waals surface area contributed by atoms with Gasteiger partial charge in [-0.15, -0.1) is 12.4 Å². The maximum absolute atomic E-state index is 6.21. The summed E-state index contributed by atoms with van der Waals surface area (Å²) in [6.45, 7) is 4.28. The van der Waals surface area contributed by atoms with Crippen molar-refractivity contribution in [2.75, 3.05) is 14.2 Å². The number of benzene rings is 1. The monoisotopic (exact) mass is 259 g/mol. The molecule has 2 atom stereocenters. The molecule has 1 rings (SSSR count). The zero-order valence-electron chi connectivity index (χ0n) is 10.9. The number of hydrogen-bond acceptors (Lipinski definition) is 3. The maximum atomic E-state index is 6.21. The maximum Gasteiger partial charge on any atom is 0.123 e. The van der Waals surface area contributed by atoms with Crippen LogP contribution >= 0.6 is 12.4 Å². The van der Waals surface area contributed by atoms with Crippen LogP contribution in [0.1, 0.15) is 31.9 Å². The first-order valence-electron chi connectivity index (χ1n) is 5.61. The fourth-order valence-corrected chi connectivity index (χ4v) is 1.66. The number of ether oxygens (including phenoxy) is 2. The van der Waals surface area contributed by atoms with Gasteiger partial charge in [0.15, 0.2) is 0 Å². The van der Waals surface area contributed by atoms with Crippen LogP contribution in [0.15, 0.2) is 18.2 Å². The van der Waals surface area contributed by atoms with Crippen LogP contribution in [0, 0.1) is 5.92 Å². The van der Waals surface area contributed by atoms with E-state index < -0.39 is 0 Å². The Labute approximate surface area is 110 Å². The van der Waals surface area contributed by atoms with Gasteiger partial charge in [-0.3, -0.25) is 0 Å². The fraction of sp³-hybridized carbons (Fsp3) is 0.538. The smallest absolute Gasteiger partial charge is 0.123 e. The molecular weight excluding hydrogens is 238 g/mol. The van der Waals surface area contributed by atoms with Crippen molar-refractivity contribution in [2.45, 2.75) is 26.3 Å². The first-order valence-corrected chi connectivity index (χ1v) is 5.61. The van der Waals surface area contributed by atoms with Crippen molar-refractivity contribution in [1.82, 2.24) is 0 Å². The van der Waals surface area contributed by atoms with E-state index in [2.05, 4.69) is 13.8 Å². The van der Waals surface area contributed by atoms with Gasteiger partial charge in [0.05, 0.1) is 14.2 Å². The lowest BCUT2D eigenvalue weighted by Crippen LogP contribution is -2.19. The van der Waals surface area contributed by atoms with Crippen LogP contribution in [0.25, 0.3) is 0 Å². The molecule has 2 N–H and O–H groups in total. The molecule has 0 saturated carbocycles. The largest absolute Gasteiger partial charge is 0.497 e. The minimum Gasteiger partial charge on any atom is -0.497 e. The second-order valence-electron chi connectivity index (χ2n) is 4.02. The molecule has 1 aromatic carbocycles. The molecule has 0 fully saturated rings. The Morgan fingerprint density at radius 2 is 1.88 bits per heavy atom. The Kier molecular flexibility index (Phi) is 7.00. The van der Waals surface area contributed by atoms with Crippen LogP contribution in [0.5, 0.6) is 11.5 Å². The molecule has 1 unspecified atom stereocenters. The van der Waals surface area contributed by atoms with Gasteiger partial charge in [-0.05, 0) is 24.1 Å². The highest BCUT2D eigenvalue weighted by molar-refractivity contribution is 5.85. The lowest BCUT2D eigenvalue weighted by molar-refractivity contribution is 0.380. The Bertz CT molecular complexity index is 344. The molecular formula is C13H22ClNO2. The van der Waals surface area contributed by atoms with Crippen LogP contribution in [0.4, 0.5) is 0 Å². The highest BCUT2D eigenvalue weighted by Crippen LogP contribution is 2.32. The highest BCUT2D eigenvalue weighted by atomic mass is 35.5. The van der Waals surface area contributed by atoms with Gasteiger partial charge in [-0.25, -0.2) is 0 Å². The summed E-state index contributed by atoms with van der Waals surface area (Å²) in [6.07, 6.45) is 1.04. The summed E-state index contributed by atoms with van der Waals surface area (Å²) >= 11 is 0. The van der Waals surface area contributed by atoms with E-state index in [-0.39, 0.29) is 18.4 Å². The molecule has 0 heterocycles. The minimum absolute atomic E-state index is 0. The third-order valence-electron chi connectivity index (χ3n) is 3.05. The van der Waals surface area contributed by atoms with E-state index in [0.29, 0.717) is 5.92 Å². The van der Waals surface area contributed by atoms with Gasteiger partial charge >= 0.3 is 0 Å². The van der Waals surface area contributed by atoms with E-state index in [4.69, 9.17) is 15.2 Å². The molecule has 17 heavy (non-hydrogen) atoms. The standard InChI is InChI=1S/C13H21NO2.ClH/c1-5-9(2)13(14)11-8-10(15-3)6-7-12(11)16-4;/h6-9,13H,5,14H2,1-4H3;1H/t9?,13-;/m1./s1. The van der Waals surface area contributed by atoms with E-state index >= 15 is 0 Å². The lowest BCUT2D eigenvalue weighted by Gasteiger charge is -2.21. The molecule has 0 aliphatic heterocycles. The SMILES string of the molecule is CCC(C)[C@@H](N)c1cc(OC)ccc1OC.Cl. The summed E-state index contributed by atoms with van der Waals surface area (Å²) in [6, 6.07) is 5.72. The molecule has 0 aromatic heterocycles. The van der Waals surface area contributed by atoms with Gasteiger partial charge < -0.3 is 15.2 Å². The molecule has 0 radical (unpaired) electrons. The zero-order valence-corrected chi connectivity index (χ0v) is 11.7. The third-order valence-corrected chi connectivity index (χ3v) is 3.05. The van der Waals surface area contributed by atoms with E-state index in [1.165, 1.54) is 0 Å². The molecule has 4 heteroatoms. The van der Waals surface area contributed by atoms with Crippen LogP contribution < -0.4 is 15.2 Å². The molecule has 1 aromatic rings. The Morgan fingerprint density at radius 1 is 1.24 bits per heavy atom. The van der Waals surface area contributed by atoms with Crippen molar-refractivity contribution < 1.29 is 9.47 Å². The first-order chi connectivity index (χ1) is 7.63. The zero-order chi connectivity index (χ0) is 12.1. The molecule has 0 amide bonds. The van der Waals surface area contributed by atoms with Crippen molar-refractivity contribution in [3.05, 3.63) is 23.8 Å². The van der Waals surface area contributed by atoms with Crippen molar-refractivity contribution in [3.8, 4) is 11.5 Å². The topological polar surface area (TPSA) is 44.5 Å². The van der Waals surface area contributed by atoms with Gasteiger partial charge in [0.25, 0.3) is 0 Å². The average Bonchev–Trinajstić information content (AvgIpc) is 2.35. The molecule has 0 bridgehead atoms. The summed E-state index contributed by atoms with van der Waals surface area (Å²) in [4.78, 5) is 0. The highest BCUT2D eigenvalue weighted by Gasteiger charge is 2.18. The van der Waals surface area contributed by atoms with Crippen LogP contribution in [0.3, 0.4) is 0 Å². The van der Waals surface area contributed by atoms with Crippen molar-refractivity contribution in [2.24, 2.45) is 11.7 Å².